The van der Waals surface area contributed by atoms with Gasteiger partial charge < -0.3 is 15.3 Å². The molecule has 1 aromatic carbocycles. The number of rotatable bonds is 3. The average molecular weight is 276 g/mol. The molecular formula is C16H24N2O2. The highest BCUT2D eigenvalue weighted by atomic mass is 16.3. The Hall–Kier alpha value is -1.55. The van der Waals surface area contributed by atoms with Gasteiger partial charge in [0.1, 0.15) is 5.75 Å². The number of nitrogens with one attached hydrogen (secondary N) is 1. The average Bonchev–Trinajstić information content (AvgIpc) is 2.43. The standard InChI is InChI=1S/C16H24N2O2/c1-12-10-13(4-5-14(12)19)15(20)17-11-16(2)6-8-18(3)9-7-16/h4-5,10,19H,6-9,11H2,1-3H3,(H,17,20). The predicted octanol–water partition coefficient (Wildman–Crippen LogP) is 2.16. The molecule has 0 atom stereocenters. The minimum atomic E-state index is -0.0618. The van der Waals surface area contributed by atoms with Crippen molar-refractivity contribution in [1.82, 2.24) is 10.2 Å². The SMILES string of the molecule is Cc1cc(C(=O)NCC2(C)CCN(C)CC2)ccc1O. The van der Waals surface area contributed by atoms with E-state index in [-0.39, 0.29) is 17.1 Å². The fourth-order valence-corrected chi connectivity index (χ4v) is 2.53. The van der Waals surface area contributed by atoms with Crippen LogP contribution in [0.3, 0.4) is 0 Å². The smallest absolute Gasteiger partial charge is 0.251 e. The number of likely N-dealkylation sites (tertiary alicyclic amines) is 1. The number of carbonyl (C=O) groups excluding carboxylic acids is 1. The van der Waals surface area contributed by atoms with Crippen molar-refractivity contribution in [3.05, 3.63) is 29.3 Å². The van der Waals surface area contributed by atoms with Crippen LogP contribution in [-0.2, 0) is 0 Å². The summed E-state index contributed by atoms with van der Waals surface area (Å²) in [5, 5.41) is 12.5. The molecule has 2 N–H and O–H groups in total. The first-order valence-electron chi connectivity index (χ1n) is 7.16. The molecule has 1 aliphatic heterocycles. The number of benzene rings is 1. The maximum atomic E-state index is 12.2. The largest absolute Gasteiger partial charge is 0.508 e. The van der Waals surface area contributed by atoms with Gasteiger partial charge in [-0.25, -0.2) is 0 Å². The van der Waals surface area contributed by atoms with E-state index in [0.29, 0.717) is 12.1 Å². The van der Waals surface area contributed by atoms with E-state index < -0.39 is 0 Å². The monoisotopic (exact) mass is 276 g/mol. The van der Waals surface area contributed by atoms with Crippen LogP contribution in [0, 0.1) is 12.3 Å². The molecule has 0 spiro atoms. The quantitative estimate of drug-likeness (QED) is 0.889. The Morgan fingerprint density at radius 1 is 1.40 bits per heavy atom. The van der Waals surface area contributed by atoms with E-state index in [9.17, 15) is 9.90 Å². The van der Waals surface area contributed by atoms with Gasteiger partial charge in [-0.1, -0.05) is 6.92 Å². The van der Waals surface area contributed by atoms with Crippen LogP contribution in [0.25, 0.3) is 0 Å². The summed E-state index contributed by atoms with van der Waals surface area (Å²) in [5.41, 5.74) is 1.52. The number of phenolic OH excluding ortho intramolecular Hbond substituents is 1. The first kappa shape index (κ1) is 14.9. The maximum Gasteiger partial charge on any atom is 0.251 e. The molecule has 20 heavy (non-hydrogen) atoms. The van der Waals surface area contributed by atoms with Crippen LogP contribution in [0.1, 0.15) is 35.7 Å². The molecule has 2 rings (SSSR count). The second kappa shape index (κ2) is 5.83. The Balaban J connectivity index is 1.93. The maximum absolute atomic E-state index is 12.2. The first-order valence-corrected chi connectivity index (χ1v) is 7.16. The third-order valence-electron chi connectivity index (χ3n) is 4.33. The highest BCUT2D eigenvalue weighted by Gasteiger charge is 2.29. The van der Waals surface area contributed by atoms with Crippen molar-refractivity contribution in [2.45, 2.75) is 26.7 Å². The summed E-state index contributed by atoms with van der Waals surface area (Å²) in [7, 11) is 2.14. The molecule has 0 aliphatic carbocycles. The third kappa shape index (κ3) is 3.51. The fourth-order valence-electron chi connectivity index (χ4n) is 2.53. The van der Waals surface area contributed by atoms with Crippen LogP contribution in [0.15, 0.2) is 18.2 Å². The molecule has 0 saturated carbocycles. The number of phenols is 1. The Kier molecular flexibility index (Phi) is 4.33. The summed E-state index contributed by atoms with van der Waals surface area (Å²) in [6, 6.07) is 4.96. The van der Waals surface area contributed by atoms with Crippen LogP contribution in [-0.4, -0.2) is 42.6 Å². The van der Waals surface area contributed by atoms with Gasteiger partial charge in [0, 0.05) is 12.1 Å². The molecule has 1 aliphatic rings. The normalized spacial score (nSPS) is 18.8. The van der Waals surface area contributed by atoms with Gasteiger partial charge in [-0.05, 0) is 69.1 Å². The molecule has 4 nitrogen and oxygen atoms in total. The van der Waals surface area contributed by atoms with Gasteiger partial charge >= 0.3 is 0 Å². The van der Waals surface area contributed by atoms with Crippen LogP contribution < -0.4 is 5.32 Å². The topological polar surface area (TPSA) is 52.6 Å². The number of nitrogens with zero attached hydrogens (tertiary/aromatic N) is 1. The molecule has 1 saturated heterocycles. The van der Waals surface area contributed by atoms with Crippen molar-refractivity contribution in [1.29, 1.82) is 0 Å². The summed E-state index contributed by atoms with van der Waals surface area (Å²) >= 11 is 0. The number of amides is 1. The zero-order valence-corrected chi connectivity index (χ0v) is 12.6. The zero-order valence-electron chi connectivity index (χ0n) is 12.6. The van der Waals surface area contributed by atoms with Gasteiger partial charge in [-0.2, -0.15) is 0 Å². The first-order chi connectivity index (χ1) is 9.39. The lowest BCUT2D eigenvalue weighted by molar-refractivity contribution is 0.0891. The number of hydrogen-bond donors (Lipinski definition) is 2. The van der Waals surface area contributed by atoms with Gasteiger partial charge in [0.2, 0.25) is 0 Å². The summed E-state index contributed by atoms with van der Waals surface area (Å²) < 4.78 is 0. The molecule has 0 bridgehead atoms. The molecule has 1 heterocycles. The van der Waals surface area contributed by atoms with Crippen molar-refractivity contribution < 1.29 is 9.90 Å². The van der Waals surface area contributed by atoms with E-state index in [0.717, 1.165) is 31.5 Å². The van der Waals surface area contributed by atoms with Crippen molar-refractivity contribution in [3.63, 3.8) is 0 Å². The summed E-state index contributed by atoms with van der Waals surface area (Å²) in [5.74, 6) is 0.164. The second-order valence-corrected chi connectivity index (χ2v) is 6.30. The molecule has 0 radical (unpaired) electrons. The summed E-state index contributed by atoms with van der Waals surface area (Å²) in [6.07, 6.45) is 2.22. The molecule has 4 heteroatoms. The zero-order chi connectivity index (χ0) is 14.8. The van der Waals surface area contributed by atoms with E-state index in [2.05, 4.69) is 24.2 Å². The third-order valence-corrected chi connectivity index (χ3v) is 4.33. The van der Waals surface area contributed by atoms with Crippen LogP contribution in [0.2, 0.25) is 0 Å². The highest BCUT2D eigenvalue weighted by molar-refractivity contribution is 5.94. The van der Waals surface area contributed by atoms with Crippen LogP contribution in [0.4, 0.5) is 0 Å². The Morgan fingerprint density at radius 2 is 2.05 bits per heavy atom. The second-order valence-electron chi connectivity index (χ2n) is 6.30. The summed E-state index contributed by atoms with van der Waals surface area (Å²) in [6.45, 7) is 6.92. The number of aryl methyl sites for hydroxylation is 1. The fraction of sp³-hybridized carbons (Fsp3) is 0.562. The molecule has 0 aromatic heterocycles. The predicted molar refractivity (Wildman–Crippen MR) is 80.0 cm³/mol. The minimum Gasteiger partial charge on any atom is -0.508 e. The molecular weight excluding hydrogens is 252 g/mol. The number of hydrogen-bond acceptors (Lipinski definition) is 3. The Bertz CT molecular complexity index is 491. The molecule has 1 amide bonds. The van der Waals surface area contributed by atoms with E-state index in [1.165, 1.54) is 0 Å². The lowest BCUT2D eigenvalue weighted by Gasteiger charge is -2.37. The molecule has 110 valence electrons. The minimum absolute atomic E-state index is 0.0618. The summed E-state index contributed by atoms with van der Waals surface area (Å²) in [4.78, 5) is 14.5. The van der Waals surface area contributed by atoms with Gasteiger partial charge in [0.25, 0.3) is 5.91 Å². The lowest BCUT2D eigenvalue weighted by atomic mass is 9.80. The van der Waals surface area contributed by atoms with Crippen molar-refractivity contribution >= 4 is 5.91 Å². The number of piperidine rings is 1. The van der Waals surface area contributed by atoms with Crippen molar-refractivity contribution in [3.8, 4) is 5.75 Å². The van der Waals surface area contributed by atoms with Crippen LogP contribution in [0.5, 0.6) is 5.75 Å². The highest BCUT2D eigenvalue weighted by Crippen LogP contribution is 2.29. The van der Waals surface area contributed by atoms with E-state index in [4.69, 9.17) is 0 Å². The number of carbonyl (C=O) groups is 1. The van der Waals surface area contributed by atoms with E-state index in [1.807, 2.05) is 0 Å². The molecule has 0 unspecified atom stereocenters. The van der Waals surface area contributed by atoms with Gasteiger partial charge in [-0.15, -0.1) is 0 Å². The van der Waals surface area contributed by atoms with Crippen molar-refractivity contribution in [2.24, 2.45) is 5.41 Å². The van der Waals surface area contributed by atoms with Crippen molar-refractivity contribution in [2.75, 3.05) is 26.7 Å². The van der Waals surface area contributed by atoms with E-state index in [1.54, 1.807) is 25.1 Å². The van der Waals surface area contributed by atoms with Gasteiger partial charge in [0.15, 0.2) is 0 Å². The molecule has 1 fully saturated rings. The molecule has 1 aromatic rings. The van der Waals surface area contributed by atoms with Crippen LogP contribution >= 0.6 is 0 Å². The Morgan fingerprint density at radius 3 is 2.65 bits per heavy atom. The number of aromatic hydroxyl groups is 1. The van der Waals surface area contributed by atoms with Gasteiger partial charge in [0.05, 0.1) is 0 Å². The van der Waals surface area contributed by atoms with E-state index >= 15 is 0 Å². The Labute approximate surface area is 120 Å². The lowest BCUT2D eigenvalue weighted by Crippen LogP contribution is -2.43. The van der Waals surface area contributed by atoms with Gasteiger partial charge in [-0.3, -0.25) is 4.79 Å².